The van der Waals surface area contributed by atoms with Gasteiger partial charge < -0.3 is 5.11 Å². The summed E-state index contributed by atoms with van der Waals surface area (Å²) in [5.41, 5.74) is -1.26. The van der Waals surface area contributed by atoms with Gasteiger partial charge in [-0.2, -0.15) is 0 Å². The second kappa shape index (κ2) is 3.51. The average molecular weight is 275 g/mol. The quantitative estimate of drug-likeness (QED) is 0.772. The number of carbonyl (C=O) groups is 3. The normalized spacial score (nSPS) is 45.5. The number of carbonyl (C=O) groups excluding carboxylic acids is 2. The maximum absolute atomic E-state index is 12.0. The van der Waals surface area contributed by atoms with Gasteiger partial charge in [0.05, 0.1) is 11.0 Å². The molecule has 4 saturated carbocycles. The average Bonchev–Trinajstić information content (AvgIpc) is 2.67. The van der Waals surface area contributed by atoms with Crippen LogP contribution in [0.2, 0.25) is 0 Å². The van der Waals surface area contributed by atoms with Crippen molar-refractivity contribution in [3.63, 3.8) is 0 Å². The zero-order valence-corrected chi connectivity index (χ0v) is 11.2. The summed E-state index contributed by atoms with van der Waals surface area (Å²) in [6, 6.07) is 0. The second-order valence-corrected chi connectivity index (χ2v) is 7.12. The largest absolute Gasteiger partial charge is 0.481 e. The highest BCUT2D eigenvalue weighted by Gasteiger charge is 2.64. The highest BCUT2D eigenvalue weighted by atomic mass is 16.4. The van der Waals surface area contributed by atoms with Gasteiger partial charge in [-0.05, 0) is 50.4 Å². The monoisotopic (exact) mass is 275 g/mol. The first-order valence-electron chi connectivity index (χ1n) is 7.24. The third-order valence-electron chi connectivity index (χ3n) is 5.77. The fourth-order valence-electron chi connectivity index (χ4n) is 5.59. The van der Waals surface area contributed by atoms with Gasteiger partial charge in [-0.3, -0.25) is 19.3 Å². The minimum Gasteiger partial charge on any atom is -0.481 e. The highest BCUT2D eigenvalue weighted by Crippen LogP contribution is 2.63. The van der Waals surface area contributed by atoms with Crippen LogP contribution in [0.15, 0.2) is 12.2 Å². The summed E-state index contributed by atoms with van der Waals surface area (Å²) in [6.45, 7) is 0. The van der Waals surface area contributed by atoms with E-state index in [4.69, 9.17) is 0 Å². The van der Waals surface area contributed by atoms with Crippen molar-refractivity contribution in [2.45, 2.75) is 44.1 Å². The summed E-state index contributed by atoms with van der Waals surface area (Å²) >= 11 is 0. The molecule has 4 fully saturated rings. The molecule has 0 saturated heterocycles. The van der Waals surface area contributed by atoms with E-state index in [1.807, 2.05) is 0 Å². The first-order valence-corrected chi connectivity index (χ1v) is 7.24. The van der Waals surface area contributed by atoms with Crippen LogP contribution in [-0.4, -0.2) is 33.3 Å². The highest BCUT2D eigenvalue weighted by molar-refractivity contribution is 6.13. The molecule has 5 heteroatoms. The van der Waals surface area contributed by atoms with Crippen LogP contribution in [0.4, 0.5) is 0 Å². The van der Waals surface area contributed by atoms with Gasteiger partial charge in [0, 0.05) is 12.2 Å². The molecule has 0 radical (unpaired) electrons. The Hall–Kier alpha value is -1.65. The van der Waals surface area contributed by atoms with Gasteiger partial charge in [0.1, 0.15) is 0 Å². The van der Waals surface area contributed by atoms with E-state index >= 15 is 0 Å². The van der Waals surface area contributed by atoms with Crippen molar-refractivity contribution in [3.8, 4) is 0 Å². The molecule has 0 aromatic carbocycles. The van der Waals surface area contributed by atoms with E-state index in [1.54, 1.807) is 0 Å². The third-order valence-corrected chi connectivity index (χ3v) is 5.77. The minimum atomic E-state index is -0.747. The lowest BCUT2D eigenvalue weighted by Gasteiger charge is -2.62. The maximum atomic E-state index is 12.0. The lowest BCUT2D eigenvalue weighted by atomic mass is 9.46. The predicted molar refractivity (Wildman–Crippen MR) is 68.5 cm³/mol. The van der Waals surface area contributed by atoms with Crippen molar-refractivity contribution in [2.24, 2.45) is 17.3 Å². The number of amides is 2. The van der Waals surface area contributed by atoms with Crippen molar-refractivity contribution in [1.29, 1.82) is 0 Å². The molecule has 2 unspecified atom stereocenters. The van der Waals surface area contributed by atoms with Crippen molar-refractivity contribution in [3.05, 3.63) is 12.2 Å². The topological polar surface area (TPSA) is 74.7 Å². The first kappa shape index (κ1) is 12.1. The summed E-state index contributed by atoms with van der Waals surface area (Å²) < 4.78 is 0. The van der Waals surface area contributed by atoms with Crippen molar-refractivity contribution >= 4 is 17.8 Å². The van der Waals surface area contributed by atoms with E-state index < -0.39 is 16.9 Å². The Morgan fingerprint density at radius 2 is 1.65 bits per heavy atom. The third kappa shape index (κ3) is 1.35. The molecule has 4 aliphatic carbocycles. The van der Waals surface area contributed by atoms with E-state index in [0.717, 1.165) is 19.3 Å². The lowest BCUT2D eigenvalue weighted by molar-refractivity contribution is -0.183. The molecule has 1 aliphatic heterocycles. The summed E-state index contributed by atoms with van der Waals surface area (Å²) in [6.07, 6.45) is 7.13. The molecule has 5 rings (SSSR count). The fourth-order valence-corrected chi connectivity index (χ4v) is 5.59. The summed E-state index contributed by atoms with van der Waals surface area (Å²) in [5, 5.41) is 9.66. The molecule has 5 aliphatic rings. The first-order chi connectivity index (χ1) is 9.44. The number of hydrogen-bond donors (Lipinski definition) is 1. The molecule has 20 heavy (non-hydrogen) atoms. The van der Waals surface area contributed by atoms with E-state index in [1.165, 1.54) is 17.1 Å². The number of rotatable bonds is 2. The van der Waals surface area contributed by atoms with Crippen molar-refractivity contribution in [1.82, 2.24) is 4.90 Å². The molecule has 4 bridgehead atoms. The predicted octanol–water partition coefficient (Wildman–Crippen LogP) is 1.33. The molecule has 1 N–H and O–H groups in total. The molecule has 2 amide bonds. The standard InChI is InChI=1S/C15H17NO4/c17-11-1-2-12(18)16(11)15-6-9-3-10(7-15)5-14(4-9,8-15)13(19)20/h1-2,9-10H,3-8H2,(H,19,20). The Morgan fingerprint density at radius 3 is 2.15 bits per heavy atom. The van der Waals surface area contributed by atoms with E-state index in [2.05, 4.69) is 0 Å². The molecular formula is C15H17NO4. The van der Waals surface area contributed by atoms with Crippen LogP contribution in [0.25, 0.3) is 0 Å². The van der Waals surface area contributed by atoms with Gasteiger partial charge in [0.15, 0.2) is 0 Å². The molecule has 1 heterocycles. The van der Waals surface area contributed by atoms with Gasteiger partial charge in [0.2, 0.25) is 0 Å². The lowest BCUT2D eigenvalue weighted by Crippen LogP contribution is -2.66. The minimum absolute atomic E-state index is 0.266. The zero-order chi connectivity index (χ0) is 14.1. The van der Waals surface area contributed by atoms with Gasteiger partial charge >= 0.3 is 5.97 Å². The Kier molecular flexibility index (Phi) is 2.13. The molecule has 0 spiro atoms. The van der Waals surface area contributed by atoms with Gasteiger partial charge in [-0.1, -0.05) is 0 Å². The molecule has 106 valence electrons. The van der Waals surface area contributed by atoms with Crippen LogP contribution >= 0.6 is 0 Å². The van der Waals surface area contributed by atoms with Crippen LogP contribution in [0, 0.1) is 17.3 Å². The number of hydrogen-bond acceptors (Lipinski definition) is 3. The maximum Gasteiger partial charge on any atom is 0.309 e. The van der Waals surface area contributed by atoms with Crippen LogP contribution in [0.3, 0.4) is 0 Å². The SMILES string of the molecule is O=C1C=CC(=O)N1C12CC3CC(CC(C(=O)O)(C3)C1)C2. The Balaban J connectivity index is 1.78. The smallest absolute Gasteiger partial charge is 0.309 e. The Bertz CT molecular complexity index is 532. The molecule has 0 aromatic heterocycles. The Morgan fingerprint density at radius 1 is 1.10 bits per heavy atom. The molecular weight excluding hydrogens is 258 g/mol. The summed E-state index contributed by atoms with van der Waals surface area (Å²) in [4.78, 5) is 37.2. The van der Waals surface area contributed by atoms with Gasteiger partial charge in [-0.25, -0.2) is 0 Å². The van der Waals surface area contributed by atoms with Crippen LogP contribution in [0.5, 0.6) is 0 Å². The fraction of sp³-hybridized carbons (Fsp3) is 0.667. The van der Waals surface area contributed by atoms with E-state index in [0.29, 0.717) is 31.1 Å². The van der Waals surface area contributed by atoms with Gasteiger partial charge in [-0.15, -0.1) is 0 Å². The number of imide groups is 1. The van der Waals surface area contributed by atoms with Crippen LogP contribution < -0.4 is 0 Å². The van der Waals surface area contributed by atoms with Crippen molar-refractivity contribution in [2.75, 3.05) is 0 Å². The second-order valence-electron chi connectivity index (χ2n) is 7.12. The summed E-state index contributed by atoms with van der Waals surface area (Å²) in [5.74, 6) is -0.597. The molecule has 2 atom stereocenters. The zero-order valence-electron chi connectivity index (χ0n) is 11.2. The van der Waals surface area contributed by atoms with Gasteiger partial charge in [0.25, 0.3) is 11.8 Å². The van der Waals surface area contributed by atoms with Crippen LogP contribution in [0.1, 0.15) is 38.5 Å². The van der Waals surface area contributed by atoms with E-state index in [-0.39, 0.29) is 11.8 Å². The molecule has 0 aromatic rings. The number of carboxylic acids is 1. The number of aliphatic carboxylic acids is 1. The molecule has 5 nitrogen and oxygen atoms in total. The number of carboxylic acid groups (broad SMARTS) is 1. The summed E-state index contributed by atoms with van der Waals surface area (Å²) in [7, 11) is 0. The Labute approximate surface area is 116 Å². The number of nitrogens with zero attached hydrogens (tertiary/aromatic N) is 1. The van der Waals surface area contributed by atoms with Crippen LogP contribution in [-0.2, 0) is 14.4 Å². The van der Waals surface area contributed by atoms with E-state index in [9.17, 15) is 19.5 Å². The van der Waals surface area contributed by atoms with Crippen molar-refractivity contribution < 1.29 is 19.5 Å².